The molecule has 0 unspecified atom stereocenters. The number of halogens is 2. The lowest BCUT2D eigenvalue weighted by Crippen LogP contribution is -2.08. The highest BCUT2D eigenvalue weighted by molar-refractivity contribution is 6.34. The zero-order chi connectivity index (χ0) is 15.6. The van der Waals surface area contributed by atoms with E-state index >= 15 is 0 Å². The number of nitrogens with one attached hydrogen (secondary N) is 1. The number of nitrogens with two attached hydrogens (primary N) is 1. The molecule has 0 saturated heterocycles. The first-order valence-electron chi connectivity index (χ1n) is 6.13. The Labute approximate surface area is 126 Å². The molecule has 0 atom stereocenters. The number of ether oxygens (including phenoxy) is 1. The molecule has 2 aromatic rings. The van der Waals surface area contributed by atoms with Crippen molar-refractivity contribution in [1.82, 2.24) is 0 Å². The van der Waals surface area contributed by atoms with Gasteiger partial charge in [-0.3, -0.25) is 0 Å². The quantitative estimate of drug-likeness (QED) is 0.666. The number of rotatable bonds is 3. The van der Waals surface area contributed by atoms with Crippen LogP contribution < -0.4 is 11.1 Å². The molecule has 110 valence electrons. The third-order valence-electron chi connectivity index (χ3n) is 2.99. The van der Waals surface area contributed by atoms with Gasteiger partial charge in [-0.2, -0.15) is 0 Å². The smallest absolute Gasteiger partial charge is 0.340 e. The number of esters is 1. The Balaban J connectivity index is 2.56. The third-order valence-corrected chi connectivity index (χ3v) is 3.29. The van der Waals surface area contributed by atoms with Gasteiger partial charge in [-0.05, 0) is 30.7 Å². The first kappa shape index (κ1) is 15.1. The molecular weight excluding hydrogens is 295 g/mol. The van der Waals surface area contributed by atoms with E-state index in [0.717, 1.165) is 0 Å². The molecule has 0 bridgehead atoms. The molecule has 0 amide bonds. The van der Waals surface area contributed by atoms with Gasteiger partial charge in [0.2, 0.25) is 0 Å². The van der Waals surface area contributed by atoms with E-state index in [1.807, 2.05) is 0 Å². The number of anilines is 3. The molecule has 0 heterocycles. The maximum atomic E-state index is 13.9. The Kier molecular flexibility index (Phi) is 4.33. The molecule has 3 N–H and O–H groups in total. The summed E-state index contributed by atoms with van der Waals surface area (Å²) in [7, 11) is 1.25. The Morgan fingerprint density at radius 1 is 1.33 bits per heavy atom. The number of methoxy groups -OCH3 is 1. The van der Waals surface area contributed by atoms with E-state index in [0.29, 0.717) is 11.3 Å². The van der Waals surface area contributed by atoms with Crippen molar-refractivity contribution in [2.45, 2.75) is 6.92 Å². The summed E-state index contributed by atoms with van der Waals surface area (Å²) >= 11 is 6.12. The first-order chi connectivity index (χ1) is 9.93. The van der Waals surface area contributed by atoms with Crippen LogP contribution >= 0.6 is 11.6 Å². The van der Waals surface area contributed by atoms with Crippen LogP contribution in [0.5, 0.6) is 0 Å². The number of para-hydroxylation sites is 1. The van der Waals surface area contributed by atoms with Crippen LogP contribution in [0.3, 0.4) is 0 Å². The van der Waals surface area contributed by atoms with E-state index in [2.05, 4.69) is 5.32 Å². The van der Waals surface area contributed by atoms with Crippen molar-refractivity contribution in [3.8, 4) is 0 Å². The van der Waals surface area contributed by atoms with E-state index in [-0.39, 0.29) is 22.0 Å². The zero-order valence-electron chi connectivity index (χ0n) is 11.5. The lowest BCUT2D eigenvalue weighted by molar-refractivity contribution is 0.0602. The van der Waals surface area contributed by atoms with Crippen molar-refractivity contribution in [3.05, 3.63) is 52.3 Å². The zero-order valence-corrected chi connectivity index (χ0v) is 12.3. The van der Waals surface area contributed by atoms with Gasteiger partial charge in [-0.1, -0.05) is 23.7 Å². The Hall–Kier alpha value is -2.27. The van der Waals surface area contributed by atoms with Crippen LogP contribution in [-0.4, -0.2) is 13.1 Å². The van der Waals surface area contributed by atoms with E-state index < -0.39 is 11.8 Å². The predicted octanol–water partition coefficient (Wildman–Crippen LogP) is 3.90. The Morgan fingerprint density at radius 2 is 2.05 bits per heavy atom. The number of hydrogen-bond donors (Lipinski definition) is 2. The summed E-state index contributed by atoms with van der Waals surface area (Å²) in [5.41, 5.74) is 7.32. The van der Waals surface area contributed by atoms with E-state index in [1.54, 1.807) is 19.1 Å². The second-order valence-corrected chi connectivity index (χ2v) is 4.88. The molecule has 0 aliphatic carbocycles. The highest BCUT2D eigenvalue weighted by atomic mass is 35.5. The highest BCUT2D eigenvalue weighted by Gasteiger charge is 2.18. The van der Waals surface area contributed by atoms with Gasteiger partial charge in [-0.25, -0.2) is 9.18 Å². The Morgan fingerprint density at radius 3 is 2.67 bits per heavy atom. The van der Waals surface area contributed by atoms with Gasteiger partial charge in [0.05, 0.1) is 29.1 Å². The summed E-state index contributed by atoms with van der Waals surface area (Å²) in [6.45, 7) is 1.74. The second-order valence-electron chi connectivity index (χ2n) is 4.47. The molecule has 0 spiro atoms. The van der Waals surface area contributed by atoms with Gasteiger partial charge < -0.3 is 15.8 Å². The summed E-state index contributed by atoms with van der Waals surface area (Å²) in [6, 6.07) is 7.57. The number of benzene rings is 2. The van der Waals surface area contributed by atoms with Crippen LogP contribution in [0.25, 0.3) is 0 Å². The molecule has 4 nitrogen and oxygen atoms in total. The SMILES string of the molecule is COC(=O)c1cc(N)cc(Cl)c1Nc1c(C)cccc1F. The van der Waals surface area contributed by atoms with Gasteiger partial charge in [0.15, 0.2) is 0 Å². The minimum Gasteiger partial charge on any atom is -0.465 e. The molecule has 0 radical (unpaired) electrons. The van der Waals surface area contributed by atoms with Crippen LogP contribution in [-0.2, 0) is 4.74 Å². The first-order valence-corrected chi connectivity index (χ1v) is 6.51. The maximum Gasteiger partial charge on any atom is 0.340 e. The van der Waals surface area contributed by atoms with Crippen molar-refractivity contribution in [1.29, 1.82) is 0 Å². The fraction of sp³-hybridized carbons (Fsp3) is 0.133. The number of carbonyl (C=O) groups is 1. The van der Waals surface area contributed by atoms with Crippen molar-refractivity contribution in [3.63, 3.8) is 0 Å². The molecule has 0 aliphatic heterocycles. The Bertz CT molecular complexity index is 684. The second kappa shape index (κ2) is 6.01. The van der Waals surface area contributed by atoms with Gasteiger partial charge in [0.1, 0.15) is 5.82 Å². The van der Waals surface area contributed by atoms with Crippen molar-refractivity contribution in [2.75, 3.05) is 18.2 Å². The van der Waals surface area contributed by atoms with Gasteiger partial charge >= 0.3 is 5.97 Å². The topological polar surface area (TPSA) is 64.3 Å². The average Bonchev–Trinajstić information content (AvgIpc) is 2.43. The molecule has 0 aliphatic rings. The fourth-order valence-corrected chi connectivity index (χ4v) is 2.22. The van der Waals surface area contributed by atoms with Crippen LogP contribution in [0.4, 0.5) is 21.5 Å². The predicted molar refractivity (Wildman–Crippen MR) is 81.6 cm³/mol. The maximum absolute atomic E-state index is 13.9. The number of carbonyl (C=O) groups excluding carboxylic acids is 1. The highest BCUT2D eigenvalue weighted by Crippen LogP contribution is 2.34. The molecule has 0 aromatic heterocycles. The normalized spacial score (nSPS) is 10.3. The molecule has 2 aromatic carbocycles. The molecule has 2 rings (SSSR count). The van der Waals surface area contributed by atoms with Crippen LogP contribution in [0.1, 0.15) is 15.9 Å². The lowest BCUT2D eigenvalue weighted by Gasteiger charge is -2.15. The molecular formula is C15H14ClFN2O2. The summed E-state index contributed by atoms with van der Waals surface area (Å²) < 4.78 is 18.6. The largest absolute Gasteiger partial charge is 0.465 e. The summed E-state index contributed by atoms with van der Waals surface area (Å²) in [5.74, 6) is -1.06. The van der Waals surface area contributed by atoms with Gasteiger partial charge in [0.25, 0.3) is 0 Å². The average molecular weight is 309 g/mol. The standard InChI is InChI=1S/C15H14ClFN2O2/c1-8-4-3-5-12(17)13(8)19-14-10(15(20)21-2)6-9(18)7-11(14)16/h3-7,19H,18H2,1-2H3. The van der Waals surface area contributed by atoms with E-state index in [9.17, 15) is 9.18 Å². The van der Waals surface area contributed by atoms with Gasteiger partial charge in [-0.15, -0.1) is 0 Å². The summed E-state index contributed by atoms with van der Waals surface area (Å²) in [4.78, 5) is 11.8. The van der Waals surface area contributed by atoms with Crippen LogP contribution in [0.15, 0.2) is 30.3 Å². The third kappa shape index (κ3) is 3.08. The lowest BCUT2D eigenvalue weighted by atomic mass is 10.1. The van der Waals surface area contributed by atoms with Crippen LogP contribution in [0, 0.1) is 12.7 Å². The number of hydrogen-bond acceptors (Lipinski definition) is 4. The van der Waals surface area contributed by atoms with Crippen molar-refractivity contribution in [2.24, 2.45) is 0 Å². The minimum absolute atomic E-state index is 0.144. The molecule has 0 saturated carbocycles. The van der Waals surface area contributed by atoms with Crippen molar-refractivity contribution >= 4 is 34.6 Å². The van der Waals surface area contributed by atoms with E-state index in [4.69, 9.17) is 22.1 Å². The van der Waals surface area contributed by atoms with E-state index in [1.165, 1.54) is 25.3 Å². The molecule has 21 heavy (non-hydrogen) atoms. The molecule has 0 fully saturated rings. The summed E-state index contributed by atoms with van der Waals surface area (Å²) in [6.07, 6.45) is 0. The fourth-order valence-electron chi connectivity index (χ4n) is 1.94. The molecule has 6 heteroatoms. The monoisotopic (exact) mass is 308 g/mol. The minimum atomic E-state index is -0.610. The number of aryl methyl sites for hydroxylation is 1. The number of nitrogen functional groups attached to an aromatic ring is 1. The van der Waals surface area contributed by atoms with Crippen molar-refractivity contribution < 1.29 is 13.9 Å². The van der Waals surface area contributed by atoms with Crippen LogP contribution in [0.2, 0.25) is 5.02 Å². The van der Waals surface area contributed by atoms with Gasteiger partial charge in [0, 0.05) is 5.69 Å². The summed E-state index contributed by atoms with van der Waals surface area (Å²) in [5, 5.41) is 3.06.